The monoisotopic (exact) mass is 267 g/mol. The maximum Gasteiger partial charge on any atom is 0.262 e. The van der Waals surface area contributed by atoms with Crippen molar-refractivity contribution in [1.82, 2.24) is 4.98 Å². The minimum atomic E-state index is 0.00972. The van der Waals surface area contributed by atoms with E-state index in [1.807, 2.05) is 42.2 Å². The summed E-state index contributed by atoms with van der Waals surface area (Å²) in [5.74, 6) is 0.641. The highest BCUT2D eigenvalue weighted by Crippen LogP contribution is 2.34. The Balaban J connectivity index is 2.19. The fraction of sp³-hybridized carbons (Fsp3) is 0.250. The van der Waals surface area contributed by atoms with E-state index in [4.69, 9.17) is 0 Å². The van der Waals surface area contributed by atoms with Gasteiger partial charge in [0, 0.05) is 12.7 Å². The number of amides is 1. The minimum Gasteiger partial charge on any atom is -0.338 e. The van der Waals surface area contributed by atoms with E-state index in [2.05, 4.69) is 17.2 Å². The number of carbonyl (C=O) groups is 1. The molecule has 1 N–H and O–H groups in total. The summed E-state index contributed by atoms with van der Waals surface area (Å²) in [5, 5.41) is 3.28. The van der Waals surface area contributed by atoms with Gasteiger partial charge in [-0.15, -0.1) is 0 Å². The molecule has 102 valence electrons. The van der Waals surface area contributed by atoms with Gasteiger partial charge in [-0.1, -0.05) is 19.1 Å². The smallest absolute Gasteiger partial charge is 0.262 e. The van der Waals surface area contributed by atoms with Gasteiger partial charge in [0.15, 0.2) is 0 Å². The predicted molar refractivity (Wildman–Crippen MR) is 80.7 cm³/mol. The third kappa shape index (κ3) is 2.03. The molecule has 2 aromatic rings. The van der Waals surface area contributed by atoms with Crippen LogP contribution in [-0.2, 0) is 0 Å². The Morgan fingerprint density at radius 1 is 1.30 bits per heavy atom. The molecule has 2 heterocycles. The van der Waals surface area contributed by atoms with Crippen LogP contribution in [0.3, 0.4) is 0 Å². The van der Waals surface area contributed by atoms with Crippen LogP contribution in [0.2, 0.25) is 0 Å². The Morgan fingerprint density at radius 3 is 2.90 bits per heavy atom. The van der Waals surface area contributed by atoms with E-state index < -0.39 is 0 Å². The average Bonchev–Trinajstić information content (AvgIpc) is 2.57. The number of benzene rings is 1. The molecule has 0 fully saturated rings. The SMILES string of the molecule is CCCN1C(=O)c2cc(C)cnc2Nc2ccccc21. The molecule has 4 heteroatoms. The van der Waals surface area contributed by atoms with Crippen LogP contribution in [0.5, 0.6) is 0 Å². The molecule has 1 aliphatic heterocycles. The standard InChI is InChI=1S/C16H17N3O/c1-3-8-19-14-7-5-4-6-13(14)18-15-12(16(19)20)9-11(2)10-17-15/h4-7,9-10H,3,8H2,1-2H3,(H,17,18). The molecule has 0 aliphatic carbocycles. The van der Waals surface area contributed by atoms with Crippen LogP contribution in [-0.4, -0.2) is 17.4 Å². The summed E-state index contributed by atoms with van der Waals surface area (Å²) in [6, 6.07) is 9.74. The van der Waals surface area contributed by atoms with Gasteiger partial charge >= 0.3 is 0 Å². The Morgan fingerprint density at radius 2 is 2.10 bits per heavy atom. The molecule has 0 spiro atoms. The maximum absolute atomic E-state index is 12.8. The highest BCUT2D eigenvalue weighted by Gasteiger charge is 2.26. The van der Waals surface area contributed by atoms with Crippen LogP contribution >= 0.6 is 0 Å². The Kier molecular flexibility index (Phi) is 3.14. The zero-order valence-electron chi connectivity index (χ0n) is 11.7. The number of fused-ring (bicyclic) bond motifs is 2. The number of rotatable bonds is 2. The number of aryl methyl sites for hydroxylation is 1. The largest absolute Gasteiger partial charge is 0.338 e. The van der Waals surface area contributed by atoms with E-state index in [1.165, 1.54) is 0 Å². The van der Waals surface area contributed by atoms with Crippen LogP contribution in [0.4, 0.5) is 17.2 Å². The van der Waals surface area contributed by atoms with Gasteiger partial charge in [0.25, 0.3) is 5.91 Å². The number of nitrogens with zero attached hydrogens (tertiary/aromatic N) is 2. The molecule has 0 saturated heterocycles. The second kappa shape index (κ2) is 4.96. The highest BCUT2D eigenvalue weighted by atomic mass is 16.2. The van der Waals surface area contributed by atoms with Gasteiger partial charge in [0.1, 0.15) is 5.82 Å². The molecule has 1 aromatic heterocycles. The second-order valence-electron chi connectivity index (χ2n) is 5.01. The lowest BCUT2D eigenvalue weighted by atomic mass is 10.1. The molecule has 0 saturated carbocycles. The van der Waals surface area contributed by atoms with Crippen molar-refractivity contribution in [1.29, 1.82) is 0 Å². The normalized spacial score (nSPS) is 13.3. The van der Waals surface area contributed by atoms with Crippen molar-refractivity contribution in [3.8, 4) is 0 Å². The number of anilines is 3. The van der Waals surface area contributed by atoms with Gasteiger partial charge < -0.3 is 10.2 Å². The first-order valence-electron chi connectivity index (χ1n) is 6.85. The molecule has 0 unspecified atom stereocenters. The van der Waals surface area contributed by atoms with Crippen LogP contribution in [0.1, 0.15) is 29.3 Å². The van der Waals surface area contributed by atoms with E-state index in [0.29, 0.717) is 17.9 Å². The first kappa shape index (κ1) is 12.7. The van der Waals surface area contributed by atoms with Crippen LogP contribution < -0.4 is 10.2 Å². The quantitative estimate of drug-likeness (QED) is 0.905. The van der Waals surface area contributed by atoms with Gasteiger partial charge in [-0.3, -0.25) is 4.79 Å². The Labute approximate surface area is 118 Å². The number of pyridine rings is 1. The lowest BCUT2D eigenvalue weighted by molar-refractivity contribution is 0.0988. The lowest BCUT2D eigenvalue weighted by Crippen LogP contribution is -2.31. The zero-order chi connectivity index (χ0) is 14.1. The number of aromatic nitrogens is 1. The Bertz CT molecular complexity index is 667. The topological polar surface area (TPSA) is 45.2 Å². The minimum absolute atomic E-state index is 0.00972. The van der Waals surface area contributed by atoms with Crippen molar-refractivity contribution in [2.75, 3.05) is 16.8 Å². The summed E-state index contributed by atoms with van der Waals surface area (Å²) in [6.45, 7) is 4.72. The van der Waals surface area contributed by atoms with Gasteiger partial charge in [0.05, 0.1) is 16.9 Å². The highest BCUT2D eigenvalue weighted by molar-refractivity contribution is 6.13. The average molecular weight is 267 g/mol. The molecule has 1 aromatic carbocycles. The van der Waals surface area contributed by atoms with E-state index in [-0.39, 0.29) is 5.91 Å². The molecule has 3 rings (SSSR count). The fourth-order valence-corrected chi connectivity index (χ4v) is 2.47. The van der Waals surface area contributed by atoms with Crippen LogP contribution in [0.25, 0.3) is 0 Å². The van der Waals surface area contributed by atoms with Gasteiger partial charge in [-0.25, -0.2) is 4.98 Å². The third-order valence-electron chi connectivity index (χ3n) is 3.40. The molecule has 1 amide bonds. The van der Waals surface area contributed by atoms with Crippen molar-refractivity contribution in [3.05, 3.63) is 47.7 Å². The molecule has 0 radical (unpaired) electrons. The van der Waals surface area contributed by atoms with Gasteiger partial charge in [-0.2, -0.15) is 0 Å². The Hall–Kier alpha value is -2.36. The third-order valence-corrected chi connectivity index (χ3v) is 3.40. The fourth-order valence-electron chi connectivity index (χ4n) is 2.47. The van der Waals surface area contributed by atoms with Crippen LogP contribution in [0, 0.1) is 6.92 Å². The van der Waals surface area contributed by atoms with Crippen molar-refractivity contribution in [3.63, 3.8) is 0 Å². The first-order chi connectivity index (χ1) is 9.70. The molecular formula is C16H17N3O. The molecule has 1 aliphatic rings. The van der Waals surface area contributed by atoms with Crippen molar-refractivity contribution in [2.45, 2.75) is 20.3 Å². The summed E-state index contributed by atoms with van der Waals surface area (Å²) in [6.07, 6.45) is 2.69. The van der Waals surface area contributed by atoms with Crippen LogP contribution in [0.15, 0.2) is 36.5 Å². The lowest BCUT2D eigenvalue weighted by Gasteiger charge is -2.21. The number of nitrogens with one attached hydrogen (secondary N) is 1. The van der Waals surface area contributed by atoms with Gasteiger partial charge in [-0.05, 0) is 37.1 Å². The molecule has 4 nitrogen and oxygen atoms in total. The summed E-state index contributed by atoms with van der Waals surface area (Å²) < 4.78 is 0. The summed E-state index contributed by atoms with van der Waals surface area (Å²) in [4.78, 5) is 19.0. The van der Waals surface area contributed by atoms with Crippen molar-refractivity contribution < 1.29 is 4.79 Å². The van der Waals surface area contributed by atoms with E-state index in [1.54, 1.807) is 6.20 Å². The first-order valence-corrected chi connectivity index (χ1v) is 6.85. The van der Waals surface area contributed by atoms with E-state index in [0.717, 1.165) is 23.4 Å². The number of hydrogen-bond donors (Lipinski definition) is 1. The summed E-state index contributed by atoms with van der Waals surface area (Å²) in [5.41, 5.74) is 3.45. The molecule has 0 bridgehead atoms. The second-order valence-corrected chi connectivity index (χ2v) is 5.01. The number of carbonyl (C=O) groups excluding carboxylic acids is 1. The summed E-state index contributed by atoms with van der Waals surface area (Å²) >= 11 is 0. The number of hydrogen-bond acceptors (Lipinski definition) is 3. The van der Waals surface area contributed by atoms with Crippen molar-refractivity contribution in [2.24, 2.45) is 0 Å². The summed E-state index contributed by atoms with van der Waals surface area (Å²) in [7, 11) is 0. The molecular weight excluding hydrogens is 250 g/mol. The zero-order valence-corrected chi connectivity index (χ0v) is 11.7. The van der Waals surface area contributed by atoms with E-state index in [9.17, 15) is 4.79 Å². The van der Waals surface area contributed by atoms with Gasteiger partial charge in [0.2, 0.25) is 0 Å². The number of para-hydroxylation sites is 2. The van der Waals surface area contributed by atoms with E-state index >= 15 is 0 Å². The molecule has 0 atom stereocenters. The van der Waals surface area contributed by atoms with Crippen molar-refractivity contribution >= 4 is 23.1 Å². The maximum atomic E-state index is 12.8. The molecule has 20 heavy (non-hydrogen) atoms. The predicted octanol–water partition coefficient (Wildman–Crippen LogP) is 3.50.